The highest BCUT2D eigenvalue weighted by atomic mass is 16.5. The van der Waals surface area contributed by atoms with E-state index in [4.69, 9.17) is 4.74 Å². The van der Waals surface area contributed by atoms with Crippen molar-refractivity contribution in [3.8, 4) is 0 Å². The summed E-state index contributed by atoms with van der Waals surface area (Å²) in [6.45, 7) is 0.896. The van der Waals surface area contributed by atoms with Crippen LogP contribution in [0.2, 0.25) is 0 Å². The van der Waals surface area contributed by atoms with Crippen LogP contribution in [-0.4, -0.2) is 25.0 Å². The number of hydrogen-bond acceptors (Lipinski definition) is 3. The standard InChI is InChI=1S/C12H13NO3/c14-11-6-9(7-13-11)8-16-12(15)10-4-2-1-3-5-10/h1-5,9H,6-8H2,(H,13,14)/t9-/m0/s1. The summed E-state index contributed by atoms with van der Waals surface area (Å²) in [5, 5.41) is 2.70. The van der Waals surface area contributed by atoms with E-state index in [0.29, 0.717) is 25.1 Å². The minimum Gasteiger partial charge on any atom is -0.462 e. The van der Waals surface area contributed by atoms with Gasteiger partial charge in [0.1, 0.15) is 0 Å². The molecule has 4 heteroatoms. The van der Waals surface area contributed by atoms with Gasteiger partial charge in [-0.05, 0) is 12.1 Å². The van der Waals surface area contributed by atoms with Gasteiger partial charge in [0.05, 0.1) is 12.2 Å². The van der Waals surface area contributed by atoms with Crippen LogP contribution in [0.3, 0.4) is 0 Å². The Morgan fingerprint density at radius 2 is 2.12 bits per heavy atom. The Morgan fingerprint density at radius 1 is 1.38 bits per heavy atom. The zero-order valence-corrected chi connectivity index (χ0v) is 8.81. The number of nitrogens with one attached hydrogen (secondary N) is 1. The molecule has 4 nitrogen and oxygen atoms in total. The number of carbonyl (C=O) groups is 2. The molecule has 0 radical (unpaired) electrons. The van der Waals surface area contributed by atoms with Crippen LogP contribution in [0, 0.1) is 5.92 Å². The first kappa shape index (κ1) is 10.7. The van der Waals surface area contributed by atoms with Crippen molar-refractivity contribution in [3.63, 3.8) is 0 Å². The second-order valence-corrected chi connectivity index (χ2v) is 3.84. The quantitative estimate of drug-likeness (QED) is 0.771. The van der Waals surface area contributed by atoms with Gasteiger partial charge >= 0.3 is 5.97 Å². The minimum absolute atomic E-state index is 0.0285. The Kier molecular flexibility index (Phi) is 3.19. The summed E-state index contributed by atoms with van der Waals surface area (Å²) in [6.07, 6.45) is 0.446. The molecule has 0 aliphatic carbocycles. The second-order valence-electron chi connectivity index (χ2n) is 3.84. The second kappa shape index (κ2) is 4.79. The fraction of sp³-hybridized carbons (Fsp3) is 0.333. The molecular formula is C12H13NO3. The lowest BCUT2D eigenvalue weighted by atomic mass is 10.1. The maximum absolute atomic E-state index is 11.6. The van der Waals surface area contributed by atoms with Gasteiger partial charge in [0.25, 0.3) is 0 Å². The van der Waals surface area contributed by atoms with Crippen LogP contribution in [0.15, 0.2) is 30.3 Å². The van der Waals surface area contributed by atoms with Crippen molar-refractivity contribution in [2.75, 3.05) is 13.2 Å². The van der Waals surface area contributed by atoms with E-state index >= 15 is 0 Å². The maximum Gasteiger partial charge on any atom is 0.338 e. The number of amides is 1. The molecule has 0 spiro atoms. The van der Waals surface area contributed by atoms with Gasteiger partial charge in [-0.1, -0.05) is 18.2 Å². The number of benzene rings is 1. The predicted octanol–water partition coefficient (Wildman–Crippen LogP) is 0.980. The molecule has 1 atom stereocenters. The fourth-order valence-corrected chi connectivity index (χ4v) is 1.63. The highest BCUT2D eigenvalue weighted by molar-refractivity contribution is 5.89. The Labute approximate surface area is 93.6 Å². The summed E-state index contributed by atoms with van der Waals surface area (Å²) < 4.78 is 5.13. The topological polar surface area (TPSA) is 55.4 Å². The van der Waals surface area contributed by atoms with Crippen molar-refractivity contribution >= 4 is 11.9 Å². The number of esters is 1. The zero-order chi connectivity index (χ0) is 11.4. The first-order valence-electron chi connectivity index (χ1n) is 5.24. The Bertz CT molecular complexity index is 389. The van der Waals surface area contributed by atoms with E-state index in [0.717, 1.165) is 0 Å². The SMILES string of the molecule is O=C1C[C@H](COC(=O)c2ccccc2)CN1. The van der Waals surface area contributed by atoms with Crippen LogP contribution < -0.4 is 5.32 Å². The smallest absolute Gasteiger partial charge is 0.338 e. The van der Waals surface area contributed by atoms with Gasteiger partial charge in [0.2, 0.25) is 5.91 Å². The van der Waals surface area contributed by atoms with E-state index in [1.54, 1.807) is 24.3 Å². The van der Waals surface area contributed by atoms with Gasteiger partial charge in [-0.2, -0.15) is 0 Å². The third-order valence-electron chi connectivity index (χ3n) is 2.52. The summed E-state index contributed by atoms with van der Waals surface area (Å²) in [7, 11) is 0. The lowest BCUT2D eigenvalue weighted by Crippen LogP contribution is -2.17. The average molecular weight is 219 g/mol. The molecule has 1 fully saturated rings. The van der Waals surface area contributed by atoms with Gasteiger partial charge in [-0.15, -0.1) is 0 Å². The van der Waals surface area contributed by atoms with Gasteiger partial charge in [0.15, 0.2) is 0 Å². The van der Waals surface area contributed by atoms with Crippen molar-refractivity contribution in [1.29, 1.82) is 0 Å². The van der Waals surface area contributed by atoms with Crippen molar-refractivity contribution in [2.24, 2.45) is 5.92 Å². The van der Waals surface area contributed by atoms with E-state index in [1.165, 1.54) is 0 Å². The molecule has 0 bridgehead atoms. The van der Waals surface area contributed by atoms with Crippen LogP contribution >= 0.6 is 0 Å². The molecular weight excluding hydrogens is 206 g/mol. The summed E-state index contributed by atoms with van der Waals surface area (Å²) in [5.41, 5.74) is 0.541. The fourth-order valence-electron chi connectivity index (χ4n) is 1.63. The van der Waals surface area contributed by atoms with Crippen LogP contribution in [-0.2, 0) is 9.53 Å². The first-order valence-corrected chi connectivity index (χ1v) is 5.24. The Balaban J connectivity index is 1.82. The summed E-state index contributed by atoms with van der Waals surface area (Å²) in [5.74, 6) is -0.194. The molecule has 84 valence electrons. The molecule has 1 aromatic rings. The summed E-state index contributed by atoms with van der Waals surface area (Å²) in [4.78, 5) is 22.5. The third-order valence-corrected chi connectivity index (χ3v) is 2.52. The monoisotopic (exact) mass is 219 g/mol. The van der Waals surface area contributed by atoms with Crippen LogP contribution in [0.1, 0.15) is 16.8 Å². The van der Waals surface area contributed by atoms with Crippen LogP contribution in [0.4, 0.5) is 0 Å². The van der Waals surface area contributed by atoms with Crippen LogP contribution in [0.5, 0.6) is 0 Å². The molecule has 0 saturated carbocycles. The van der Waals surface area contributed by atoms with Gasteiger partial charge in [-0.3, -0.25) is 4.79 Å². The van der Waals surface area contributed by atoms with E-state index in [-0.39, 0.29) is 17.8 Å². The molecule has 0 aromatic heterocycles. The lowest BCUT2D eigenvalue weighted by Gasteiger charge is -2.08. The number of carbonyl (C=O) groups excluding carboxylic acids is 2. The molecule has 1 aromatic carbocycles. The minimum atomic E-state index is -0.333. The molecule has 1 amide bonds. The van der Waals surface area contributed by atoms with Crippen LogP contribution in [0.25, 0.3) is 0 Å². The normalized spacial score (nSPS) is 19.2. The Morgan fingerprint density at radius 3 is 2.75 bits per heavy atom. The third kappa shape index (κ3) is 2.59. The zero-order valence-electron chi connectivity index (χ0n) is 8.81. The summed E-state index contributed by atoms with van der Waals surface area (Å²) >= 11 is 0. The number of rotatable bonds is 3. The highest BCUT2D eigenvalue weighted by Gasteiger charge is 2.22. The van der Waals surface area contributed by atoms with E-state index in [2.05, 4.69) is 5.32 Å². The summed E-state index contributed by atoms with van der Waals surface area (Å²) in [6, 6.07) is 8.84. The van der Waals surface area contributed by atoms with E-state index in [9.17, 15) is 9.59 Å². The van der Waals surface area contributed by atoms with Crippen molar-refractivity contribution < 1.29 is 14.3 Å². The average Bonchev–Trinajstić information content (AvgIpc) is 2.73. The largest absolute Gasteiger partial charge is 0.462 e. The first-order chi connectivity index (χ1) is 7.75. The molecule has 0 unspecified atom stereocenters. The van der Waals surface area contributed by atoms with Gasteiger partial charge in [0, 0.05) is 18.9 Å². The van der Waals surface area contributed by atoms with Crippen molar-refractivity contribution in [2.45, 2.75) is 6.42 Å². The molecule has 2 rings (SSSR count). The molecule has 16 heavy (non-hydrogen) atoms. The molecule has 1 N–H and O–H groups in total. The number of ether oxygens (including phenoxy) is 1. The van der Waals surface area contributed by atoms with Gasteiger partial charge < -0.3 is 10.1 Å². The Hall–Kier alpha value is -1.84. The van der Waals surface area contributed by atoms with E-state index < -0.39 is 0 Å². The highest BCUT2D eigenvalue weighted by Crippen LogP contribution is 2.10. The maximum atomic E-state index is 11.6. The van der Waals surface area contributed by atoms with Crippen molar-refractivity contribution in [1.82, 2.24) is 5.32 Å². The molecule has 1 aliphatic heterocycles. The lowest BCUT2D eigenvalue weighted by molar-refractivity contribution is -0.119. The van der Waals surface area contributed by atoms with E-state index in [1.807, 2.05) is 6.07 Å². The predicted molar refractivity (Wildman–Crippen MR) is 57.8 cm³/mol. The van der Waals surface area contributed by atoms with Gasteiger partial charge in [-0.25, -0.2) is 4.79 Å². The molecule has 1 heterocycles. The van der Waals surface area contributed by atoms with Crippen molar-refractivity contribution in [3.05, 3.63) is 35.9 Å². The molecule has 1 saturated heterocycles. The number of hydrogen-bond donors (Lipinski definition) is 1. The molecule has 1 aliphatic rings.